The number of morpholine rings is 1. The van der Waals surface area contributed by atoms with Gasteiger partial charge < -0.3 is 33.9 Å². The Balaban J connectivity index is 1.85. The Hall–Kier alpha value is -3.10. The van der Waals surface area contributed by atoms with Gasteiger partial charge in [0.2, 0.25) is 5.91 Å². The lowest BCUT2D eigenvalue weighted by molar-refractivity contribution is -0.111. The quantitative estimate of drug-likeness (QED) is 0.486. The number of anilines is 2. The van der Waals surface area contributed by atoms with E-state index in [1.54, 1.807) is 24.3 Å². The molecule has 3 rings (SSSR count). The van der Waals surface area contributed by atoms with Gasteiger partial charge in [0.25, 0.3) is 0 Å². The van der Waals surface area contributed by atoms with Crippen LogP contribution in [0.2, 0.25) is 5.02 Å². The van der Waals surface area contributed by atoms with Gasteiger partial charge in [-0.3, -0.25) is 4.79 Å². The monoisotopic (exact) mass is 490 g/mol. The first kappa shape index (κ1) is 25.5. The number of halogens is 1. The Labute approximate surface area is 205 Å². The van der Waals surface area contributed by atoms with Gasteiger partial charge in [-0.1, -0.05) is 11.6 Å². The van der Waals surface area contributed by atoms with Gasteiger partial charge >= 0.3 is 0 Å². The van der Waals surface area contributed by atoms with Crippen LogP contribution < -0.4 is 29.2 Å². The molecule has 9 heteroatoms. The molecule has 184 valence electrons. The summed E-state index contributed by atoms with van der Waals surface area (Å²) in [6, 6.07) is 7.15. The summed E-state index contributed by atoms with van der Waals surface area (Å²) in [6.45, 7) is 7.60. The smallest absolute Gasteiger partial charge is 0.248 e. The van der Waals surface area contributed by atoms with E-state index in [0.717, 1.165) is 18.8 Å². The average molecular weight is 491 g/mol. The average Bonchev–Trinajstić information content (AvgIpc) is 2.84. The molecule has 0 atom stereocenters. The van der Waals surface area contributed by atoms with E-state index in [2.05, 4.69) is 10.2 Å². The summed E-state index contributed by atoms with van der Waals surface area (Å²) in [5.41, 5.74) is 2.14. The molecule has 1 aliphatic rings. The molecule has 34 heavy (non-hydrogen) atoms. The highest BCUT2D eigenvalue weighted by atomic mass is 35.5. The molecule has 1 aliphatic heterocycles. The van der Waals surface area contributed by atoms with Crippen LogP contribution in [0.25, 0.3) is 6.08 Å². The lowest BCUT2D eigenvalue weighted by atomic mass is 10.1. The number of hydrogen-bond donors (Lipinski definition) is 1. The van der Waals surface area contributed by atoms with Crippen molar-refractivity contribution in [3.63, 3.8) is 0 Å². The van der Waals surface area contributed by atoms with E-state index >= 15 is 0 Å². The number of carbonyl (C=O) groups is 1. The predicted octanol–water partition coefficient (Wildman–Crippen LogP) is 4.64. The van der Waals surface area contributed by atoms with Crippen molar-refractivity contribution < 1.29 is 28.5 Å². The van der Waals surface area contributed by atoms with Crippen LogP contribution in [0.5, 0.6) is 23.0 Å². The molecule has 1 N–H and O–H groups in total. The molecule has 8 nitrogen and oxygen atoms in total. The zero-order valence-corrected chi connectivity index (χ0v) is 20.7. The summed E-state index contributed by atoms with van der Waals surface area (Å²) in [6.07, 6.45) is 3.07. The lowest BCUT2D eigenvalue weighted by Crippen LogP contribution is -2.36. The Morgan fingerprint density at radius 2 is 1.74 bits per heavy atom. The van der Waals surface area contributed by atoms with E-state index in [9.17, 15) is 4.79 Å². The van der Waals surface area contributed by atoms with Crippen LogP contribution in [0.1, 0.15) is 19.4 Å². The van der Waals surface area contributed by atoms with Crippen molar-refractivity contribution in [1.82, 2.24) is 0 Å². The van der Waals surface area contributed by atoms with Crippen molar-refractivity contribution in [3.8, 4) is 23.0 Å². The number of hydrogen-bond acceptors (Lipinski definition) is 7. The summed E-state index contributed by atoms with van der Waals surface area (Å²) >= 11 is 6.26. The number of ether oxygens (including phenoxy) is 5. The fourth-order valence-corrected chi connectivity index (χ4v) is 3.92. The lowest BCUT2D eigenvalue weighted by Gasteiger charge is -2.31. The number of amides is 1. The third-order valence-electron chi connectivity index (χ3n) is 5.15. The van der Waals surface area contributed by atoms with Crippen LogP contribution in [-0.2, 0) is 9.53 Å². The summed E-state index contributed by atoms with van der Waals surface area (Å²) < 4.78 is 27.8. The second-order valence-corrected chi connectivity index (χ2v) is 7.75. The number of nitrogens with one attached hydrogen (secondary N) is 1. The van der Waals surface area contributed by atoms with Gasteiger partial charge in [0, 0.05) is 31.3 Å². The molecule has 1 fully saturated rings. The molecular weight excluding hydrogens is 460 g/mol. The first-order chi connectivity index (χ1) is 16.5. The van der Waals surface area contributed by atoms with E-state index in [1.807, 2.05) is 19.9 Å². The topological polar surface area (TPSA) is 78.5 Å². The molecule has 1 saturated heterocycles. The van der Waals surface area contributed by atoms with Gasteiger partial charge in [0.15, 0.2) is 11.5 Å². The van der Waals surface area contributed by atoms with Crippen LogP contribution in [0.4, 0.5) is 11.4 Å². The molecule has 1 amide bonds. The third-order valence-corrected chi connectivity index (χ3v) is 5.43. The van der Waals surface area contributed by atoms with Crippen LogP contribution in [0.3, 0.4) is 0 Å². The normalized spacial score (nSPS) is 13.6. The zero-order chi connectivity index (χ0) is 24.5. The summed E-state index contributed by atoms with van der Waals surface area (Å²) in [5.74, 6) is 1.85. The van der Waals surface area contributed by atoms with Crippen molar-refractivity contribution >= 4 is 35.0 Å². The van der Waals surface area contributed by atoms with E-state index < -0.39 is 0 Å². The molecule has 0 spiro atoms. The minimum absolute atomic E-state index is 0.326. The zero-order valence-electron chi connectivity index (χ0n) is 20.0. The van der Waals surface area contributed by atoms with Crippen molar-refractivity contribution in [2.24, 2.45) is 0 Å². The maximum absolute atomic E-state index is 12.8. The summed E-state index contributed by atoms with van der Waals surface area (Å²) in [4.78, 5) is 14.9. The number of methoxy groups -OCH3 is 2. The van der Waals surface area contributed by atoms with Crippen molar-refractivity contribution in [3.05, 3.63) is 40.9 Å². The molecule has 0 aromatic heterocycles. The number of carbonyl (C=O) groups excluding carboxylic acids is 1. The second-order valence-electron chi connectivity index (χ2n) is 7.34. The van der Waals surface area contributed by atoms with Gasteiger partial charge in [-0.2, -0.15) is 0 Å². The Morgan fingerprint density at radius 3 is 2.38 bits per heavy atom. The first-order valence-electron chi connectivity index (χ1n) is 11.2. The molecule has 0 unspecified atom stereocenters. The fourth-order valence-electron chi connectivity index (χ4n) is 3.62. The van der Waals surface area contributed by atoms with E-state index in [4.69, 9.17) is 35.3 Å². The summed E-state index contributed by atoms with van der Waals surface area (Å²) in [7, 11) is 3.05. The maximum atomic E-state index is 12.8. The molecule has 2 aromatic carbocycles. The Morgan fingerprint density at radius 1 is 1.03 bits per heavy atom. The third kappa shape index (κ3) is 6.27. The molecule has 0 radical (unpaired) electrons. The van der Waals surface area contributed by atoms with Gasteiger partial charge in [0.05, 0.1) is 57.0 Å². The minimum atomic E-state index is -0.326. The van der Waals surface area contributed by atoms with Gasteiger partial charge in [-0.25, -0.2) is 0 Å². The highest BCUT2D eigenvalue weighted by Crippen LogP contribution is 2.39. The fraction of sp³-hybridized carbons (Fsp3) is 0.400. The van der Waals surface area contributed by atoms with Crippen LogP contribution in [0.15, 0.2) is 30.3 Å². The standard InChI is InChI=1S/C25H31ClN2O6/c1-5-33-21-16-20(28-9-11-32-12-10-28)22(34-6-2)15-19(21)27-24(29)8-7-17-13-18(26)25(31-4)23(14-17)30-3/h7-8,13-16H,5-6,9-12H2,1-4H3,(H,27,29)/b8-7+. The Bertz CT molecular complexity index is 1020. The first-order valence-corrected chi connectivity index (χ1v) is 11.5. The predicted molar refractivity (Wildman–Crippen MR) is 134 cm³/mol. The molecule has 0 saturated carbocycles. The molecule has 1 heterocycles. The van der Waals surface area contributed by atoms with Crippen molar-refractivity contribution in [2.75, 3.05) is 64.0 Å². The largest absolute Gasteiger partial charge is 0.493 e. The van der Waals surface area contributed by atoms with Gasteiger partial charge in [0.1, 0.15) is 11.5 Å². The van der Waals surface area contributed by atoms with Crippen molar-refractivity contribution in [1.29, 1.82) is 0 Å². The van der Waals surface area contributed by atoms with E-state index in [0.29, 0.717) is 65.7 Å². The van der Waals surface area contributed by atoms with E-state index in [1.165, 1.54) is 20.3 Å². The highest BCUT2D eigenvalue weighted by molar-refractivity contribution is 6.32. The van der Waals surface area contributed by atoms with Crippen LogP contribution >= 0.6 is 11.6 Å². The van der Waals surface area contributed by atoms with Gasteiger partial charge in [-0.15, -0.1) is 0 Å². The van der Waals surface area contributed by atoms with Gasteiger partial charge in [-0.05, 0) is 37.6 Å². The second kappa shape index (κ2) is 12.4. The minimum Gasteiger partial charge on any atom is -0.493 e. The molecule has 0 bridgehead atoms. The maximum Gasteiger partial charge on any atom is 0.248 e. The number of benzene rings is 2. The molecule has 2 aromatic rings. The van der Waals surface area contributed by atoms with Crippen LogP contribution in [-0.4, -0.2) is 59.6 Å². The molecule has 0 aliphatic carbocycles. The highest BCUT2D eigenvalue weighted by Gasteiger charge is 2.20. The van der Waals surface area contributed by atoms with Crippen molar-refractivity contribution in [2.45, 2.75) is 13.8 Å². The van der Waals surface area contributed by atoms with E-state index in [-0.39, 0.29) is 5.91 Å². The Kier molecular flexibility index (Phi) is 9.30. The summed E-state index contributed by atoms with van der Waals surface area (Å²) in [5, 5.41) is 3.29. The number of nitrogens with zero attached hydrogens (tertiary/aromatic N) is 1. The SMILES string of the molecule is CCOc1cc(N2CCOCC2)c(OCC)cc1NC(=O)/C=C/c1cc(Cl)c(OC)c(OC)c1. The molecular formula is C25H31ClN2O6. The number of rotatable bonds is 10. The van der Waals surface area contributed by atoms with Crippen LogP contribution in [0, 0.1) is 0 Å².